The van der Waals surface area contributed by atoms with Gasteiger partial charge >= 0.3 is 0 Å². The van der Waals surface area contributed by atoms with Crippen LogP contribution in [0, 0.1) is 6.92 Å². The first kappa shape index (κ1) is 15.6. The van der Waals surface area contributed by atoms with Gasteiger partial charge in [-0.25, -0.2) is 0 Å². The van der Waals surface area contributed by atoms with Gasteiger partial charge in [0.1, 0.15) is 0 Å². The molecule has 120 valence electrons. The van der Waals surface area contributed by atoms with E-state index < -0.39 is 0 Å². The molecule has 0 spiro atoms. The van der Waals surface area contributed by atoms with Crippen molar-refractivity contribution in [1.29, 1.82) is 0 Å². The maximum absolute atomic E-state index is 12.5. The minimum absolute atomic E-state index is 0.00636. The molecule has 0 bridgehead atoms. The van der Waals surface area contributed by atoms with Gasteiger partial charge in [-0.15, -0.1) is 0 Å². The van der Waals surface area contributed by atoms with Gasteiger partial charge in [0.15, 0.2) is 0 Å². The van der Waals surface area contributed by atoms with Crippen LogP contribution >= 0.6 is 0 Å². The first-order valence-corrected chi connectivity index (χ1v) is 7.74. The van der Waals surface area contributed by atoms with E-state index in [0.717, 1.165) is 24.2 Å². The predicted molar refractivity (Wildman–Crippen MR) is 89.3 cm³/mol. The first-order chi connectivity index (χ1) is 11.2. The predicted octanol–water partition coefficient (Wildman–Crippen LogP) is 1.77. The lowest BCUT2D eigenvalue weighted by molar-refractivity contribution is 0.0779. The molecule has 2 heterocycles. The van der Waals surface area contributed by atoms with E-state index in [0.29, 0.717) is 5.56 Å². The number of hydrogen-bond acceptors (Lipinski definition) is 4. The van der Waals surface area contributed by atoms with Gasteiger partial charge in [-0.3, -0.25) is 9.78 Å². The fourth-order valence-electron chi connectivity index (χ4n) is 2.84. The van der Waals surface area contributed by atoms with Crippen molar-refractivity contribution in [3.05, 3.63) is 53.9 Å². The average molecular weight is 311 g/mol. The molecular weight excluding hydrogens is 290 g/mol. The summed E-state index contributed by atoms with van der Waals surface area (Å²) in [6.45, 7) is 3.52. The molecule has 1 fully saturated rings. The molecule has 3 rings (SSSR count). The number of pyridine rings is 1. The van der Waals surface area contributed by atoms with Crippen LogP contribution in [0.4, 0.5) is 0 Å². The Bertz CT molecular complexity index is 702. The topological polar surface area (TPSA) is 63.2 Å². The van der Waals surface area contributed by atoms with Crippen LogP contribution in [0.1, 0.15) is 15.9 Å². The van der Waals surface area contributed by atoms with Gasteiger partial charge in [-0.05, 0) is 18.6 Å². The molecule has 1 saturated heterocycles. The van der Waals surface area contributed by atoms with E-state index in [1.54, 1.807) is 19.5 Å². The molecule has 1 aromatic carbocycles. The van der Waals surface area contributed by atoms with E-state index in [1.165, 1.54) is 5.56 Å². The number of rotatable bonds is 4. The van der Waals surface area contributed by atoms with Gasteiger partial charge in [0.2, 0.25) is 0 Å². The minimum atomic E-state index is -0.122. The molecule has 0 radical (unpaired) electrons. The number of amides is 1. The molecule has 2 aromatic rings. The van der Waals surface area contributed by atoms with Crippen molar-refractivity contribution >= 4 is 5.91 Å². The van der Waals surface area contributed by atoms with Crippen LogP contribution in [0.2, 0.25) is 0 Å². The minimum Gasteiger partial charge on any atom is -0.378 e. The van der Waals surface area contributed by atoms with Gasteiger partial charge in [0.25, 0.3) is 5.91 Å². The van der Waals surface area contributed by atoms with Gasteiger partial charge < -0.3 is 15.4 Å². The normalized spacial score (nSPS) is 20.4. The number of hydrogen-bond donors (Lipinski definition) is 2. The molecule has 1 amide bonds. The molecule has 0 unspecified atom stereocenters. The second-order valence-electron chi connectivity index (χ2n) is 5.84. The zero-order valence-electron chi connectivity index (χ0n) is 13.4. The lowest BCUT2D eigenvalue weighted by atomic mass is 10.0. The van der Waals surface area contributed by atoms with Crippen molar-refractivity contribution in [3.63, 3.8) is 0 Å². The fourth-order valence-corrected chi connectivity index (χ4v) is 2.84. The summed E-state index contributed by atoms with van der Waals surface area (Å²) < 4.78 is 5.37. The van der Waals surface area contributed by atoms with Crippen LogP contribution in [0.25, 0.3) is 11.1 Å². The van der Waals surface area contributed by atoms with E-state index in [-0.39, 0.29) is 18.1 Å². The summed E-state index contributed by atoms with van der Waals surface area (Å²) >= 11 is 0. The summed E-state index contributed by atoms with van der Waals surface area (Å²) in [6.07, 6.45) is 3.38. The lowest BCUT2D eigenvalue weighted by Crippen LogP contribution is -2.43. The Balaban J connectivity index is 1.78. The third-order valence-corrected chi connectivity index (χ3v) is 4.13. The molecule has 23 heavy (non-hydrogen) atoms. The Morgan fingerprint density at radius 3 is 2.91 bits per heavy atom. The number of aromatic nitrogens is 1. The summed E-state index contributed by atoms with van der Waals surface area (Å²) in [7, 11) is 1.66. The average Bonchev–Trinajstić information content (AvgIpc) is 3.02. The molecule has 5 heteroatoms. The van der Waals surface area contributed by atoms with Gasteiger partial charge in [0, 0.05) is 38.2 Å². The molecular formula is C18H21N3O2. The molecule has 0 aliphatic carbocycles. The maximum atomic E-state index is 12.5. The third kappa shape index (κ3) is 3.57. The van der Waals surface area contributed by atoms with Crippen molar-refractivity contribution in [1.82, 2.24) is 15.6 Å². The van der Waals surface area contributed by atoms with Crippen molar-refractivity contribution in [3.8, 4) is 11.1 Å². The zero-order valence-corrected chi connectivity index (χ0v) is 13.4. The largest absolute Gasteiger partial charge is 0.378 e. The van der Waals surface area contributed by atoms with Crippen LogP contribution in [-0.2, 0) is 4.74 Å². The number of nitrogens with zero attached hydrogens (tertiary/aromatic N) is 1. The summed E-state index contributed by atoms with van der Waals surface area (Å²) in [6, 6.07) is 10.0. The highest BCUT2D eigenvalue weighted by atomic mass is 16.5. The Labute approximate surface area is 136 Å². The van der Waals surface area contributed by atoms with Gasteiger partial charge in [-0.1, -0.05) is 29.8 Å². The second kappa shape index (κ2) is 6.89. The zero-order chi connectivity index (χ0) is 16.2. The fraction of sp³-hybridized carbons (Fsp3) is 0.333. The number of nitrogens with one attached hydrogen (secondary N) is 2. The Morgan fingerprint density at radius 1 is 1.26 bits per heavy atom. The summed E-state index contributed by atoms with van der Waals surface area (Å²) in [5.74, 6) is -0.122. The highest BCUT2D eigenvalue weighted by molar-refractivity contribution is 5.95. The van der Waals surface area contributed by atoms with Gasteiger partial charge in [0.05, 0.1) is 17.7 Å². The highest BCUT2D eigenvalue weighted by Crippen LogP contribution is 2.20. The van der Waals surface area contributed by atoms with Crippen molar-refractivity contribution in [2.75, 3.05) is 20.2 Å². The molecule has 2 atom stereocenters. The van der Waals surface area contributed by atoms with Crippen molar-refractivity contribution in [2.24, 2.45) is 0 Å². The standard InChI is InChI=1S/C18H21N3O2/c1-12-4-3-5-13(6-12)14-7-15(9-19-8-14)18(22)21-16-10-20-11-17(16)23-2/h3-9,16-17,20H,10-11H2,1-2H3,(H,21,22)/t16-,17-/m1/s1. The van der Waals surface area contributed by atoms with Crippen LogP contribution in [0.5, 0.6) is 0 Å². The number of carbonyl (C=O) groups is 1. The van der Waals surface area contributed by atoms with Crippen LogP contribution in [-0.4, -0.2) is 43.2 Å². The maximum Gasteiger partial charge on any atom is 0.253 e. The number of methoxy groups -OCH3 is 1. The quantitative estimate of drug-likeness (QED) is 0.903. The number of aryl methyl sites for hydroxylation is 1. The van der Waals surface area contributed by atoms with E-state index in [1.807, 2.05) is 31.2 Å². The Morgan fingerprint density at radius 2 is 2.13 bits per heavy atom. The molecule has 1 aromatic heterocycles. The molecule has 1 aliphatic rings. The molecule has 1 aliphatic heterocycles. The Hall–Kier alpha value is -2.24. The summed E-state index contributed by atoms with van der Waals surface area (Å²) in [4.78, 5) is 16.7. The van der Waals surface area contributed by atoms with E-state index in [4.69, 9.17) is 4.74 Å². The SMILES string of the molecule is CO[C@@H]1CNC[C@H]1NC(=O)c1cncc(-c2cccc(C)c2)c1. The molecule has 2 N–H and O–H groups in total. The van der Waals surface area contributed by atoms with Crippen LogP contribution < -0.4 is 10.6 Å². The van der Waals surface area contributed by atoms with Crippen molar-refractivity contribution < 1.29 is 9.53 Å². The Kier molecular flexibility index (Phi) is 4.69. The van der Waals surface area contributed by atoms with E-state index in [2.05, 4.69) is 21.7 Å². The van der Waals surface area contributed by atoms with E-state index in [9.17, 15) is 4.79 Å². The number of benzene rings is 1. The summed E-state index contributed by atoms with van der Waals surface area (Å²) in [5, 5.41) is 6.24. The second-order valence-corrected chi connectivity index (χ2v) is 5.84. The molecule has 0 saturated carbocycles. The van der Waals surface area contributed by atoms with Gasteiger partial charge in [-0.2, -0.15) is 0 Å². The van der Waals surface area contributed by atoms with E-state index >= 15 is 0 Å². The highest BCUT2D eigenvalue weighted by Gasteiger charge is 2.28. The van der Waals surface area contributed by atoms with Crippen LogP contribution in [0.3, 0.4) is 0 Å². The van der Waals surface area contributed by atoms with Crippen molar-refractivity contribution in [2.45, 2.75) is 19.1 Å². The lowest BCUT2D eigenvalue weighted by Gasteiger charge is -2.18. The third-order valence-electron chi connectivity index (χ3n) is 4.13. The number of ether oxygens (including phenoxy) is 1. The summed E-state index contributed by atoms with van der Waals surface area (Å²) in [5.41, 5.74) is 3.74. The van der Waals surface area contributed by atoms with Crippen LogP contribution in [0.15, 0.2) is 42.7 Å². The monoisotopic (exact) mass is 311 g/mol. The smallest absolute Gasteiger partial charge is 0.253 e. The first-order valence-electron chi connectivity index (χ1n) is 7.74. The molecule has 5 nitrogen and oxygen atoms in total. The number of carbonyl (C=O) groups excluding carboxylic acids is 1.